The van der Waals surface area contributed by atoms with E-state index in [2.05, 4.69) is 32.5 Å². The fourth-order valence-electron chi connectivity index (χ4n) is 3.07. The highest BCUT2D eigenvalue weighted by Gasteiger charge is 2.08. The van der Waals surface area contributed by atoms with Crippen LogP contribution in [0.5, 0.6) is 0 Å². The van der Waals surface area contributed by atoms with Crippen LogP contribution in [0.4, 0.5) is 0 Å². The van der Waals surface area contributed by atoms with Crippen LogP contribution < -0.4 is 10.6 Å². The van der Waals surface area contributed by atoms with Crippen molar-refractivity contribution >= 4 is 5.96 Å². The average molecular weight is 335 g/mol. The second-order valence-electron chi connectivity index (χ2n) is 6.42. The number of nitrogens with one attached hydrogen (secondary N) is 2. The SMILES string of the molecule is CCNC(=NCCCn1cccn1)NCCCN1CCCCCC1. The molecule has 0 radical (unpaired) electrons. The third kappa shape index (κ3) is 7.81. The molecule has 0 bridgehead atoms. The van der Waals surface area contributed by atoms with E-state index in [0.717, 1.165) is 38.6 Å². The zero-order valence-electron chi connectivity index (χ0n) is 15.2. The summed E-state index contributed by atoms with van der Waals surface area (Å²) < 4.78 is 1.96. The van der Waals surface area contributed by atoms with Crippen molar-refractivity contribution in [2.24, 2.45) is 4.99 Å². The Bertz CT molecular complexity index is 434. The van der Waals surface area contributed by atoms with Gasteiger partial charge in [0.25, 0.3) is 0 Å². The molecule has 1 fully saturated rings. The van der Waals surface area contributed by atoms with E-state index in [1.54, 1.807) is 0 Å². The first kappa shape index (κ1) is 18.8. The van der Waals surface area contributed by atoms with Crippen LogP contribution in [0.3, 0.4) is 0 Å². The maximum Gasteiger partial charge on any atom is 0.191 e. The third-order valence-electron chi connectivity index (χ3n) is 4.36. The minimum absolute atomic E-state index is 0.821. The third-order valence-corrected chi connectivity index (χ3v) is 4.36. The van der Waals surface area contributed by atoms with Crippen LogP contribution in [-0.2, 0) is 6.54 Å². The summed E-state index contributed by atoms with van der Waals surface area (Å²) in [5.74, 6) is 0.939. The second kappa shape index (κ2) is 11.9. The van der Waals surface area contributed by atoms with E-state index in [9.17, 15) is 0 Å². The van der Waals surface area contributed by atoms with Gasteiger partial charge in [0, 0.05) is 38.6 Å². The standard InChI is InChI=1S/C18H34N6/c1-2-19-18(21-11-8-16-24-17-9-12-22-24)20-10-7-15-23-13-5-3-4-6-14-23/h9,12,17H,2-8,10-11,13-16H2,1H3,(H2,19,20,21). The summed E-state index contributed by atoms with van der Waals surface area (Å²) in [7, 11) is 0. The number of hydrogen-bond acceptors (Lipinski definition) is 3. The molecular formula is C18H34N6. The highest BCUT2D eigenvalue weighted by Crippen LogP contribution is 2.09. The summed E-state index contributed by atoms with van der Waals surface area (Å²) in [6.07, 6.45) is 11.6. The number of aliphatic imine (C=N–C) groups is 1. The van der Waals surface area contributed by atoms with Gasteiger partial charge in [0.2, 0.25) is 0 Å². The predicted octanol–water partition coefficient (Wildman–Crippen LogP) is 2.09. The van der Waals surface area contributed by atoms with Crippen LogP contribution in [0.2, 0.25) is 0 Å². The molecule has 0 unspecified atom stereocenters. The molecule has 0 amide bonds. The molecule has 2 heterocycles. The highest BCUT2D eigenvalue weighted by molar-refractivity contribution is 5.79. The molecule has 6 nitrogen and oxygen atoms in total. The van der Waals surface area contributed by atoms with Gasteiger partial charge in [-0.2, -0.15) is 5.10 Å². The lowest BCUT2D eigenvalue weighted by Gasteiger charge is -2.20. The smallest absolute Gasteiger partial charge is 0.191 e. The number of nitrogens with zero attached hydrogens (tertiary/aromatic N) is 4. The van der Waals surface area contributed by atoms with Gasteiger partial charge in [-0.05, 0) is 58.3 Å². The van der Waals surface area contributed by atoms with Crippen molar-refractivity contribution in [3.8, 4) is 0 Å². The molecule has 1 aromatic rings. The summed E-state index contributed by atoms with van der Waals surface area (Å²) in [5.41, 5.74) is 0. The lowest BCUT2D eigenvalue weighted by atomic mass is 10.2. The fraction of sp³-hybridized carbons (Fsp3) is 0.778. The van der Waals surface area contributed by atoms with E-state index < -0.39 is 0 Å². The van der Waals surface area contributed by atoms with E-state index >= 15 is 0 Å². The summed E-state index contributed by atoms with van der Waals surface area (Å²) in [6, 6.07) is 1.96. The Hall–Kier alpha value is -1.56. The van der Waals surface area contributed by atoms with E-state index in [1.807, 2.05) is 23.1 Å². The summed E-state index contributed by atoms with van der Waals surface area (Å²) in [4.78, 5) is 7.27. The molecule has 1 aromatic heterocycles. The molecular weight excluding hydrogens is 300 g/mol. The first-order valence-electron chi connectivity index (χ1n) is 9.60. The summed E-state index contributed by atoms with van der Waals surface area (Å²) >= 11 is 0. The van der Waals surface area contributed by atoms with Crippen molar-refractivity contribution in [3.05, 3.63) is 18.5 Å². The van der Waals surface area contributed by atoms with Crippen molar-refractivity contribution in [2.45, 2.75) is 52.0 Å². The zero-order valence-corrected chi connectivity index (χ0v) is 15.2. The van der Waals surface area contributed by atoms with Crippen LogP contribution in [-0.4, -0.2) is 59.9 Å². The van der Waals surface area contributed by atoms with Crippen LogP contribution in [0.25, 0.3) is 0 Å². The Morgan fingerprint density at radius 3 is 2.62 bits per heavy atom. The van der Waals surface area contributed by atoms with Crippen molar-refractivity contribution in [3.63, 3.8) is 0 Å². The molecule has 0 saturated carbocycles. The summed E-state index contributed by atoms with van der Waals surface area (Å²) in [5, 5.41) is 11.0. The molecule has 2 N–H and O–H groups in total. The van der Waals surface area contributed by atoms with Crippen LogP contribution >= 0.6 is 0 Å². The Labute approximate surface area is 146 Å². The Balaban J connectivity index is 1.59. The van der Waals surface area contributed by atoms with E-state index in [1.165, 1.54) is 51.7 Å². The molecule has 1 aliphatic rings. The van der Waals surface area contributed by atoms with Crippen molar-refractivity contribution in [1.29, 1.82) is 0 Å². The van der Waals surface area contributed by atoms with Crippen LogP contribution in [0.1, 0.15) is 45.4 Å². The topological polar surface area (TPSA) is 57.5 Å². The Kier molecular flexibility index (Phi) is 9.31. The van der Waals surface area contributed by atoms with Crippen molar-refractivity contribution in [2.75, 3.05) is 39.3 Å². The van der Waals surface area contributed by atoms with Crippen LogP contribution in [0, 0.1) is 0 Å². The van der Waals surface area contributed by atoms with E-state index in [-0.39, 0.29) is 0 Å². The zero-order chi connectivity index (χ0) is 16.9. The van der Waals surface area contributed by atoms with Crippen molar-refractivity contribution in [1.82, 2.24) is 25.3 Å². The van der Waals surface area contributed by atoms with Gasteiger partial charge in [0.05, 0.1) is 0 Å². The van der Waals surface area contributed by atoms with Gasteiger partial charge in [-0.3, -0.25) is 9.67 Å². The lowest BCUT2D eigenvalue weighted by Crippen LogP contribution is -2.39. The molecule has 0 aromatic carbocycles. The molecule has 6 heteroatoms. The second-order valence-corrected chi connectivity index (χ2v) is 6.42. The van der Waals surface area contributed by atoms with Gasteiger partial charge in [0.1, 0.15) is 0 Å². The largest absolute Gasteiger partial charge is 0.357 e. The first-order chi connectivity index (χ1) is 11.9. The van der Waals surface area contributed by atoms with E-state index in [0.29, 0.717) is 0 Å². The first-order valence-corrected chi connectivity index (χ1v) is 9.60. The molecule has 0 spiro atoms. The highest BCUT2D eigenvalue weighted by atomic mass is 15.3. The summed E-state index contributed by atoms with van der Waals surface area (Å²) in [6.45, 7) is 9.50. The van der Waals surface area contributed by atoms with E-state index in [4.69, 9.17) is 0 Å². The number of guanidine groups is 1. The number of hydrogen-bond donors (Lipinski definition) is 2. The fourth-order valence-corrected chi connectivity index (χ4v) is 3.07. The molecule has 1 aliphatic heterocycles. The quantitative estimate of drug-likeness (QED) is 0.412. The normalized spacial score (nSPS) is 16.8. The minimum Gasteiger partial charge on any atom is -0.357 e. The molecule has 24 heavy (non-hydrogen) atoms. The van der Waals surface area contributed by atoms with Crippen molar-refractivity contribution < 1.29 is 0 Å². The molecule has 136 valence electrons. The monoisotopic (exact) mass is 334 g/mol. The van der Waals surface area contributed by atoms with Gasteiger partial charge in [-0.15, -0.1) is 0 Å². The molecule has 0 aliphatic carbocycles. The van der Waals surface area contributed by atoms with Gasteiger partial charge < -0.3 is 15.5 Å². The number of aryl methyl sites for hydroxylation is 1. The number of rotatable bonds is 9. The van der Waals surface area contributed by atoms with Gasteiger partial charge >= 0.3 is 0 Å². The predicted molar refractivity (Wildman–Crippen MR) is 100 cm³/mol. The minimum atomic E-state index is 0.821. The van der Waals surface area contributed by atoms with Gasteiger partial charge in [-0.1, -0.05) is 12.8 Å². The maximum atomic E-state index is 4.65. The number of aromatic nitrogens is 2. The van der Waals surface area contributed by atoms with Gasteiger partial charge in [0.15, 0.2) is 5.96 Å². The molecule has 1 saturated heterocycles. The van der Waals surface area contributed by atoms with Gasteiger partial charge in [-0.25, -0.2) is 0 Å². The molecule has 2 rings (SSSR count). The Morgan fingerprint density at radius 1 is 1.08 bits per heavy atom. The lowest BCUT2D eigenvalue weighted by molar-refractivity contribution is 0.282. The van der Waals surface area contributed by atoms with Crippen LogP contribution in [0.15, 0.2) is 23.5 Å². The molecule has 0 atom stereocenters. The maximum absolute atomic E-state index is 4.65. The average Bonchev–Trinajstić information content (AvgIpc) is 2.97. The number of likely N-dealkylation sites (tertiary alicyclic amines) is 1. The Morgan fingerprint density at radius 2 is 1.92 bits per heavy atom.